The van der Waals surface area contributed by atoms with E-state index in [9.17, 15) is 9.90 Å². The smallest absolute Gasteiger partial charge is 0.228 e. The van der Waals surface area contributed by atoms with Crippen molar-refractivity contribution in [2.75, 3.05) is 6.61 Å². The molecule has 0 saturated heterocycles. The lowest BCUT2D eigenvalue weighted by Crippen LogP contribution is -2.34. The molecule has 0 bridgehead atoms. The average molecular weight is 506 g/mol. The van der Waals surface area contributed by atoms with Crippen LogP contribution in [0.25, 0.3) is 16.6 Å². The zero-order chi connectivity index (χ0) is 26.6. The Morgan fingerprint density at radius 3 is 2.37 bits per heavy atom. The van der Waals surface area contributed by atoms with E-state index in [1.165, 1.54) is 27.7 Å². The largest absolute Gasteiger partial charge is 0.394 e. The van der Waals surface area contributed by atoms with Gasteiger partial charge in [-0.3, -0.25) is 9.20 Å². The Bertz CT molecular complexity index is 1550. The summed E-state index contributed by atoms with van der Waals surface area (Å²) in [5.41, 5.74) is 8.67. The van der Waals surface area contributed by atoms with E-state index < -0.39 is 6.04 Å². The summed E-state index contributed by atoms with van der Waals surface area (Å²) in [5.74, 6) is -0.322. The number of fused-ring (bicyclic) bond motifs is 3. The highest BCUT2D eigenvalue weighted by Gasteiger charge is 2.23. The number of hydrogen-bond acceptors (Lipinski definition) is 3. The van der Waals surface area contributed by atoms with Gasteiger partial charge in [-0.05, 0) is 49.1 Å². The number of para-hydroxylation sites is 1. The van der Waals surface area contributed by atoms with Crippen molar-refractivity contribution in [1.29, 1.82) is 0 Å². The number of rotatable bonds is 9. The van der Waals surface area contributed by atoms with Gasteiger partial charge in [-0.15, -0.1) is 0 Å². The topological polar surface area (TPSA) is 66.6 Å². The minimum atomic E-state index is -0.418. The first kappa shape index (κ1) is 25.7. The fourth-order valence-electron chi connectivity index (χ4n) is 5.51. The minimum Gasteiger partial charge on any atom is -0.394 e. The lowest BCUT2D eigenvalue weighted by Gasteiger charge is -2.22. The second-order valence-corrected chi connectivity index (χ2v) is 10.1. The quantitative estimate of drug-likeness (QED) is 0.243. The molecule has 5 rings (SSSR count). The molecular formula is C33H35N3O2. The second-order valence-electron chi connectivity index (χ2n) is 10.1. The van der Waals surface area contributed by atoms with Crippen molar-refractivity contribution in [2.24, 2.45) is 0 Å². The first-order chi connectivity index (χ1) is 18.5. The highest BCUT2D eigenvalue weighted by molar-refractivity contribution is 5.91. The number of benzene rings is 3. The third kappa shape index (κ3) is 5.07. The number of nitrogens with zero attached hydrogens (tertiary/aromatic N) is 2. The Kier molecular flexibility index (Phi) is 7.57. The van der Waals surface area contributed by atoms with Crippen LogP contribution in [0.15, 0.2) is 84.9 Å². The molecule has 5 heteroatoms. The molecule has 2 atom stereocenters. The number of aromatic nitrogens is 2. The normalized spacial score (nSPS) is 13.1. The molecule has 0 saturated carbocycles. The highest BCUT2D eigenvalue weighted by atomic mass is 16.3. The van der Waals surface area contributed by atoms with Gasteiger partial charge < -0.3 is 10.4 Å². The van der Waals surface area contributed by atoms with Crippen molar-refractivity contribution in [3.63, 3.8) is 0 Å². The molecule has 38 heavy (non-hydrogen) atoms. The molecule has 0 aliphatic carbocycles. The van der Waals surface area contributed by atoms with Crippen LogP contribution in [-0.4, -0.2) is 27.0 Å². The summed E-state index contributed by atoms with van der Waals surface area (Å²) in [6, 6.07) is 28.2. The van der Waals surface area contributed by atoms with Crippen molar-refractivity contribution in [3.05, 3.63) is 119 Å². The van der Waals surface area contributed by atoms with E-state index in [-0.39, 0.29) is 18.4 Å². The third-order valence-electron chi connectivity index (χ3n) is 7.36. The number of carbonyl (C=O) groups excluding carboxylic acids is 1. The number of hydrogen-bond donors (Lipinski definition) is 2. The van der Waals surface area contributed by atoms with Crippen LogP contribution in [0.2, 0.25) is 0 Å². The van der Waals surface area contributed by atoms with Gasteiger partial charge in [-0.25, -0.2) is 4.98 Å². The van der Waals surface area contributed by atoms with Crippen LogP contribution in [-0.2, 0) is 11.2 Å². The van der Waals surface area contributed by atoms with Crippen molar-refractivity contribution in [1.82, 2.24) is 14.7 Å². The maximum Gasteiger partial charge on any atom is 0.228 e. The molecule has 0 aliphatic rings. The molecule has 5 aromatic rings. The van der Waals surface area contributed by atoms with Crippen LogP contribution in [0, 0.1) is 13.8 Å². The van der Waals surface area contributed by atoms with Crippen molar-refractivity contribution < 1.29 is 9.90 Å². The lowest BCUT2D eigenvalue weighted by molar-refractivity contribution is -0.123. The van der Waals surface area contributed by atoms with Crippen molar-refractivity contribution in [3.8, 4) is 0 Å². The number of aryl methyl sites for hydroxylation is 2. The van der Waals surface area contributed by atoms with Gasteiger partial charge in [0, 0.05) is 28.8 Å². The zero-order valence-electron chi connectivity index (χ0n) is 22.3. The summed E-state index contributed by atoms with van der Waals surface area (Å²) in [7, 11) is 0. The van der Waals surface area contributed by atoms with Crippen LogP contribution in [0.1, 0.15) is 65.4 Å². The molecule has 0 unspecified atom stereocenters. The van der Waals surface area contributed by atoms with Crippen LogP contribution in [0.5, 0.6) is 0 Å². The van der Waals surface area contributed by atoms with Crippen molar-refractivity contribution in [2.45, 2.75) is 52.0 Å². The molecular weight excluding hydrogens is 470 g/mol. The summed E-state index contributed by atoms with van der Waals surface area (Å²) in [6.07, 6.45) is 2.40. The molecule has 0 spiro atoms. The van der Waals surface area contributed by atoms with Gasteiger partial charge in [0.05, 0.1) is 24.1 Å². The molecule has 2 N–H and O–H groups in total. The second kappa shape index (κ2) is 11.2. The predicted molar refractivity (Wildman–Crippen MR) is 153 cm³/mol. The van der Waals surface area contributed by atoms with Gasteiger partial charge in [0.2, 0.25) is 5.91 Å². The van der Waals surface area contributed by atoms with Gasteiger partial charge in [-0.1, -0.05) is 86.1 Å². The Balaban J connectivity index is 1.42. The van der Waals surface area contributed by atoms with Gasteiger partial charge >= 0.3 is 0 Å². The number of amides is 1. The van der Waals surface area contributed by atoms with Gasteiger partial charge in [-0.2, -0.15) is 0 Å². The van der Waals surface area contributed by atoms with Crippen LogP contribution >= 0.6 is 0 Å². The van der Waals surface area contributed by atoms with E-state index in [0.717, 1.165) is 41.7 Å². The lowest BCUT2D eigenvalue weighted by atomic mass is 9.91. The molecule has 0 radical (unpaired) electrons. The fraction of sp³-hybridized carbons (Fsp3) is 0.273. The average Bonchev–Trinajstić information content (AvgIpc) is 3.24. The highest BCUT2D eigenvalue weighted by Crippen LogP contribution is 2.30. The summed E-state index contributed by atoms with van der Waals surface area (Å²) in [4.78, 5) is 18.3. The van der Waals surface area contributed by atoms with E-state index in [1.807, 2.05) is 37.3 Å². The maximum atomic E-state index is 13.3. The van der Waals surface area contributed by atoms with E-state index in [0.29, 0.717) is 0 Å². The van der Waals surface area contributed by atoms with Gasteiger partial charge in [0.25, 0.3) is 0 Å². The van der Waals surface area contributed by atoms with E-state index >= 15 is 0 Å². The van der Waals surface area contributed by atoms with E-state index in [4.69, 9.17) is 4.98 Å². The number of nitrogens with one attached hydrogen (secondary N) is 1. The van der Waals surface area contributed by atoms with Crippen LogP contribution < -0.4 is 5.32 Å². The predicted octanol–water partition coefficient (Wildman–Crippen LogP) is 6.43. The Labute approximate surface area is 224 Å². The summed E-state index contributed by atoms with van der Waals surface area (Å²) >= 11 is 0. The Morgan fingerprint density at radius 2 is 1.66 bits per heavy atom. The summed E-state index contributed by atoms with van der Waals surface area (Å²) in [6.45, 7) is 6.13. The molecule has 194 valence electrons. The molecule has 2 aromatic heterocycles. The van der Waals surface area contributed by atoms with Gasteiger partial charge in [0.15, 0.2) is 0 Å². The number of carbonyl (C=O) groups is 1. The van der Waals surface area contributed by atoms with E-state index in [2.05, 4.69) is 78.2 Å². The SMILES string of the molecule is CCC[C@H](C(=O)N[C@@H](CO)c1ccccc1)c1ccc(Cc2c3ccccc3n3c(C)cc(C)nc23)cc1. The van der Waals surface area contributed by atoms with Crippen LogP contribution in [0.3, 0.4) is 0 Å². The van der Waals surface area contributed by atoms with Crippen molar-refractivity contribution >= 4 is 22.5 Å². The zero-order valence-corrected chi connectivity index (χ0v) is 22.3. The number of aliphatic hydroxyl groups is 1. The van der Waals surface area contributed by atoms with Gasteiger partial charge in [0.1, 0.15) is 5.65 Å². The molecule has 1 amide bonds. The Hall–Kier alpha value is -3.96. The molecule has 3 aromatic carbocycles. The maximum absolute atomic E-state index is 13.3. The first-order valence-corrected chi connectivity index (χ1v) is 13.4. The summed E-state index contributed by atoms with van der Waals surface area (Å²) in [5, 5.41) is 14.2. The summed E-state index contributed by atoms with van der Waals surface area (Å²) < 4.78 is 2.25. The fourth-order valence-corrected chi connectivity index (χ4v) is 5.51. The first-order valence-electron chi connectivity index (χ1n) is 13.4. The van der Waals surface area contributed by atoms with Crippen LogP contribution in [0.4, 0.5) is 0 Å². The molecule has 0 aliphatic heterocycles. The van der Waals surface area contributed by atoms with E-state index in [1.54, 1.807) is 0 Å². The molecule has 5 nitrogen and oxygen atoms in total. The molecule has 0 fully saturated rings. The monoisotopic (exact) mass is 505 g/mol. The Morgan fingerprint density at radius 1 is 0.947 bits per heavy atom. The number of aliphatic hydroxyl groups excluding tert-OH is 1. The molecule has 2 heterocycles. The minimum absolute atomic E-state index is 0.0536. The standard InChI is InChI=1S/C33H35N3O2/c1-4-10-27(33(38)35-30(21-37)26-11-6-5-7-12-26)25-17-15-24(16-18-25)20-29-28-13-8-9-14-31(28)36-23(3)19-22(2)34-32(29)36/h5-9,11-19,27,30,37H,4,10,20-21H2,1-3H3,(H,35,38)/t27-,30-/m0/s1. The third-order valence-corrected chi connectivity index (χ3v) is 7.36.